The van der Waals surface area contributed by atoms with E-state index in [2.05, 4.69) is 26.5 Å². The molecule has 1 N–H and O–H groups in total. The van der Waals surface area contributed by atoms with Crippen molar-refractivity contribution in [1.29, 1.82) is 5.26 Å². The molecule has 0 atom stereocenters. The van der Waals surface area contributed by atoms with E-state index in [1.54, 1.807) is 18.5 Å². The lowest BCUT2D eigenvalue weighted by atomic mass is 9.89. The maximum atomic E-state index is 9.04. The van der Waals surface area contributed by atoms with Crippen LogP contribution in [0.1, 0.15) is 6.42 Å². The number of hydrogen-bond acceptors (Lipinski definition) is 5. The molecule has 0 radical (unpaired) electrons. The highest BCUT2D eigenvalue weighted by Gasteiger charge is 2.39. The molecule has 1 fully saturated rings. The van der Waals surface area contributed by atoms with E-state index in [4.69, 9.17) is 16.9 Å². The van der Waals surface area contributed by atoms with Crippen LogP contribution >= 0.6 is 11.6 Å². The van der Waals surface area contributed by atoms with Gasteiger partial charge < -0.3 is 5.32 Å². The standard InChI is InChI=1S/C14H12ClN7/c15-11-5-12-18-3-4-21(12)13(20-11)10-6-19-22(7-10)14(1-2-16)8-17-9-14/h3-7,17H,1,8-9H2. The lowest BCUT2D eigenvalue weighted by Crippen LogP contribution is -2.60. The predicted molar refractivity (Wildman–Crippen MR) is 80.3 cm³/mol. The molecule has 8 heteroatoms. The molecule has 0 unspecified atom stereocenters. The molecule has 0 saturated carbocycles. The summed E-state index contributed by atoms with van der Waals surface area (Å²) in [6, 6.07) is 3.95. The Kier molecular flexibility index (Phi) is 2.89. The number of aromatic nitrogens is 5. The zero-order valence-corrected chi connectivity index (χ0v) is 12.3. The summed E-state index contributed by atoms with van der Waals surface area (Å²) in [5, 5.41) is 17.1. The van der Waals surface area contributed by atoms with Gasteiger partial charge in [-0.25, -0.2) is 9.97 Å². The molecule has 7 nitrogen and oxygen atoms in total. The summed E-state index contributed by atoms with van der Waals surface area (Å²) >= 11 is 6.07. The van der Waals surface area contributed by atoms with Crippen LogP contribution in [-0.2, 0) is 5.54 Å². The second-order valence-electron chi connectivity index (χ2n) is 5.39. The molecule has 3 aromatic rings. The minimum atomic E-state index is -0.264. The van der Waals surface area contributed by atoms with Crippen LogP contribution in [0.15, 0.2) is 30.9 Å². The Bertz CT molecular complexity index is 884. The maximum Gasteiger partial charge on any atom is 0.150 e. The second-order valence-corrected chi connectivity index (χ2v) is 5.78. The highest BCUT2D eigenvalue weighted by molar-refractivity contribution is 6.29. The van der Waals surface area contributed by atoms with Crippen LogP contribution in [-0.4, -0.2) is 37.2 Å². The smallest absolute Gasteiger partial charge is 0.150 e. The van der Waals surface area contributed by atoms with Crippen molar-refractivity contribution in [2.45, 2.75) is 12.0 Å². The van der Waals surface area contributed by atoms with Crippen molar-refractivity contribution in [2.24, 2.45) is 0 Å². The first-order valence-electron chi connectivity index (χ1n) is 6.85. The van der Waals surface area contributed by atoms with Crippen molar-refractivity contribution in [2.75, 3.05) is 13.1 Å². The van der Waals surface area contributed by atoms with Gasteiger partial charge in [0, 0.05) is 37.7 Å². The Morgan fingerprint density at radius 1 is 1.45 bits per heavy atom. The van der Waals surface area contributed by atoms with Crippen LogP contribution in [0.3, 0.4) is 0 Å². The number of nitrogens with one attached hydrogen (secondary N) is 1. The highest BCUT2D eigenvalue weighted by Crippen LogP contribution is 2.28. The second kappa shape index (κ2) is 4.80. The van der Waals surface area contributed by atoms with Gasteiger partial charge in [-0.15, -0.1) is 0 Å². The largest absolute Gasteiger partial charge is 0.312 e. The number of imidazole rings is 1. The van der Waals surface area contributed by atoms with Gasteiger partial charge in [-0.05, 0) is 0 Å². The van der Waals surface area contributed by atoms with E-state index in [1.807, 2.05) is 21.5 Å². The lowest BCUT2D eigenvalue weighted by Gasteiger charge is -2.41. The quantitative estimate of drug-likeness (QED) is 0.740. The monoisotopic (exact) mass is 313 g/mol. The molecule has 1 aliphatic rings. The molecule has 0 spiro atoms. The Labute approximate surface area is 131 Å². The molecular formula is C14H12ClN7. The SMILES string of the molecule is N#CCC1(n2cc(-c3nc(Cl)cc4nccn34)cn2)CNC1. The van der Waals surface area contributed by atoms with Gasteiger partial charge in [-0.2, -0.15) is 10.4 Å². The van der Waals surface area contributed by atoms with Crippen molar-refractivity contribution in [1.82, 2.24) is 29.5 Å². The van der Waals surface area contributed by atoms with Gasteiger partial charge >= 0.3 is 0 Å². The third-order valence-electron chi connectivity index (χ3n) is 4.00. The van der Waals surface area contributed by atoms with E-state index in [9.17, 15) is 0 Å². The number of rotatable bonds is 3. The van der Waals surface area contributed by atoms with Gasteiger partial charge in [0.05, 0.1) is 24.3 Å². The van der Waals surface area contributed by atoms with Crippen molar-refractivity contribution >= 4 is 17.2 Å². The number of fused-ring (bicyclic) bond motifs is 1. The fourth-order valence-electron chi connectivity index (χ4n) is 2.72. The topological polar surface area (TPSA) is 83.8 Å². The fraction of sp³-hybridized carbons (Fsp3) is 0.286. The first-order chi connectivity index (χ1) is 10.7. The third-order valence-corrected chi connectivity index (χ3v) is 4.20. The molecule has 1 aliphatic heterocycles. The average molecular weight is 314 g/mol. The summed E-state index contributed by atoms with van der Waals surface area (Å²) in [5.41, 5.74) is 1.31. The molecule has 1 saturated heterocycles. The van der Waals surface area contributed by atoms with E-state index in [1.165, 1.54) is 0 Å². The van der Waals surface area contributed by atoms with Crippen molar-refractivity contribution in [3.8, 4) is 17.5 Å². The summed E-state index contributed by atoms with van der Waals surface area (Å²) in [7, 11) is 0. The van der Waals surface area contributed by atoms with E-state index in [-0.39, 0.29) is 5.54 Å². The predicted octanol–water partition coefficient (Wildman–Crippen LogP) is 1.46. The van der Waals surface area contributed by atoms with E-state index < -0.39 is 0 Å². The highest BCUT2D eigenvalue weighted by atomic mass is 35.5. The van der Waals surface area contributed by atoms with Crippen molar-refractivity contribution < 1.29 is 0 Å². The minimum absolute atomic E-state index is 0.264. The molecule has 4 rings (SSSR count). The molecule has 0 amide bonds. The number of nitriles is 1. The van der Waals surface area contributed by atoms with Crippen LogP contribution < -0.4 is 5.32 Å². The Balaban J connectivity index is 1.81. The molecule has 110 valence electrons. The maximum absolute atomic E-state index is 9.04. The summed E-state index contributed by atoms with van der Waals surface area (Å²) < 4.78 is 3.72. The average Bonchev–Trinajstić information content (AvgIpc) is 3.10. The summed E-state index contributed by atoms with van der Waals surface area (Å²) in [6.45, 7) is 1.48. The summed E-state index contributed by atoms with van der Waals surface area (Å²) in [5.74, 6) is 0.686. The summed E-state index contributed by atoms with van der Waals surface area (Å²) in [4.78, 5) is 8.62. The first kappa shape index (κ1) is 13.2. The number of halogens is 1. The number of nitrogens with zero attached hydrogens (tertiary/aromatic N) is 6. The van der Waals surface area contributed by atoms with Gasteiger partial charge in [0.25, 0.3) is 0 Å². The van der Waals surface area contributed by atoms with Crippen molar-refractivity contribution in [3.63, 3.8) is 0 Å². The van der Waals surface area contributed by atoms with Crippen LogP contribution in [0.2, 0.25) is 5.15 Å². The van der Waals surface area contributed by atoms with Crippen LogP contribution in [0, 0.1) is 11.3 Å². The van der Waals surface area contributed by atoms with E-state index >= 15 is 0 Å². The zero-order valence-electron chi connectivity index (χ0n) is 11.6. The van der Waals surface area contributed by atoms with Gasteiger partial charge in [0.15, 0.2) is 5.82 Å². The third kappa shape index (κ3) is 1.89. The molecule has 4 heterocycles. The molecule has 22 heavy (non-hydrogen) atoms. The van der Waals surface area contributed by atoms with E-state index in [0.29, 0.717) is 17.4 Å². The molecule has 0 bridgehead atoms. The molecule has 3 aromatic heterocycles. The van der Waals surface area contributed by atoms with Gasteiger partial charge in [0.1, 0.15) is 16.3 Å². The normalized spacial score (nSPS) is 16.4. The lowest BCUT2D eigenvalue weighted by molar-refractivity contribution is 0.160. The van der Waals surface area contributed by atoms with Crippen LogP contribution in [0.5, 0.6) is 0 Å². The Morgan fingerprint density at radius 2 is 2.32 bits per heavy atom. The van der Waals surface area contributed by atoms with Gasteiger partial charge in [-0.1, -0.05) is 11.6 Å². The minimum Gasteiger partial charge on any atom is -0.312 e. The summed E-state index contributed by atoms with van der Waals surface area (Å²) in [6.07, 6.45) is 7.62. The number of hydrogen-bond donors (Lipinski definition) is 1. The first-order valence-corrected chi connectivity index (χ1v) is 7.22. The molecule has 0 aliphatic carbocycles. The molecule has 0 aromatic carbocycles. The Hall–Kier alpha value is -2.43. The Morgan fingerprint density at radius 3 is 3.05 bits per heavy atom. The van der Waals surface area contributed by atoms with Crippen molar-refractivity contribution in [3.05, 3.63) is 36.0 Å². The van der Waals surface area contributed by atoms with Crippen LogP contribution in [0.4, 0.5) is 0 Å². The fourth-order valence-corrected chi connectivity index (χ4v) is 2.90. The van der Waals surface area contributed by atoms with E-state index in [0.717, 1.165) is 24.3 Å². The zero-order chi connectivity index (χ0) is 15.2. The van der Waals surface area contributed by atoms with Gasteiger partial charge in [-0.3, -0.25) is 9.08 Å². The molecular weight excluding hydrogens is 302 g/mol. The van der Waals surface area contributed by atoms with Crippen LogP contribution in [0.25, 0.3) is 17.0 Å². The van der Waals surface area contributed by atoms with Gasteiger partial charge in [0.2, 0.25) is 0 Å².